The van der Waals surface area contributed by atoms with Crippen molar-refractivity contribution in [3.8, 4) is 11.5 Å². The van der Waals surface area contributed by atoms with Gasteiger partial charge in [-0.3, -0.25) is 0 Å². The fourth-order valence-electron chi connectivity index (χ4n) is 3.65. The summed E-state index contributed by atoms with van der Waals surface area (Å²) >= 11 is 0. The molecule has 0 aliphatic carbocycles. The van der Waals surface area contributed by atoms with E-state index in [0.29, 0.717) is 13.0 Å². The molecule has 0 atom stereocenters. The number of allylic oxidation sites excluding steroid dienone is 1. The number of nitrogens with zero attached hydrogens (tertiary/aromatic N) is 1. The second-order valence-electron chi connectivity index (χ2n) is 7.95. The molecule has 0 amide bonds. The molecule has 3 rings (SSSR count). The Morgan fingerprint density at radius 3 is 1.91 bits per heavy atom. The predicted octanol–water partition coefficient (Wildman–Crippen LogP) is 5.37. The summed E-state index contributed by atoms with van der Waals surface area (Å²) in [5, 5.41) is 9.55. The van der Waals surface area contributed by atoms with E-state index in [-0.39, 0.29) is 6.61 Å². The van der Waals surface area contributed by atoms with E-state index in [1.54, 1.807) is 7.11 Å². The van der Waals surface area contributed by atoms with Crippen LogP contribution in [0.25, 0.3) is 11.1 Å². The van der Waals surface area contributed by atoms with Gasteiger partial charge >= 0.3 is 0 Å². The molecule has 0 heterocycles. The molecule has 0 radical (unpaired) electrons. The third-order valence-corrected chi connectivity index (χ3v) is 5.34. The van der Waals surface area contributed by atoms with Crippen molar-refractivity contribution in [1.82, 2.24) is 4.90 Å². The number of aliphatic hydroxyl groups excluding tert-OH is 1. The Kier molecular flexibility index (Phi) is 8.90. The fraction of sp³-hybridized carbons (Fsp3) is 0.286. The van der Waals surface area contributed by atoms with Gasteiger partial charge in [0, 0.05) is 13.2 Å². The van der Waals surface area contributed by atoms with E-state index in [4.69, 9.17) is 9.47 Å². The van der Waals surface area contributed by atoms with Crippen LogP contribution >= 0.6 is 0 Å². The molecule has 3 aromatic carbocycles. The summed E-state index contributed by atoms with van der Waals surface area (Å²) in [7, 11) is 5.75. The molecule has 168 valence electrons. The maximum Gasteiger partial charge on any atom is 0.119 e. The van der Waals surface area contributed by atoms with E-state index in [1.807, 2.05) is 44.4 Å². The van der Waals surface area contributed by atoms with Gasteiger partial charge in [0.2, 0.25) is 0 Å². The van der Waals surface area contributed by atoms with Crippen molar-refractivity contribution in [1.29, 1.82) is 0 Å². The number of rotatable bonds is 11. The SMILES string of the molecule is COc1ccc(/C(=C(\CCCO)c2ccccc2)c2ccc(OCCN(C)C)cc2)cc1. The minimum atomic E-state index is 0.158. The number of hydrogen-bond acceptors (Lipinski definition) is 4. The first-order valence-corrected chi connectivity index (χ1v) is 11.0. The average molecular weight is 432 g/mol. The lowest BCUT2D eigenvalue weighted by atomic mass is 9.87. The van der Waals surface area contributed by atoms with Crippen LogP contribution in [0.15, 0.2) is 78.9 Å². The van der Waals surface area contributed by atoms with Crippen molar-refractivity contribution < 1.29 is 14.6 Å². The predicted molar refractivity (Wildman–Crippen MR) is 132 cm³/mol. The maximum atomic E-state index is 9.55. The summed E-state index contributed by atoms with van der Waals surface area (Å²) in [6.45, 7) is 1.68. The number of aliphatic hydroxyl groups is 1. The quantitative estimate of drug-likeness (QED) is 0.415. The van der Waals surface area contributed by atoms with Gasteiger partial charge in [-0.2, -0.15) is 0 Å². The van der Waals surface area contributed by atoms with Crippen LogP contribution < -0.4 is 9.47 Å². The first-order valence-electron chi connectivity index (χ1n) is 11.0. The van der Waals surface area contributed by atoms with Crippen LogP contribution in [0.5, 0.6) is 11.5 Å². The Morgan fingerprint density at radius 2 is 1.38 bits per heavy atom. The molecule has 3 aromatic rings. The van der Waals surface area contributed by atoms with Gasteiger partial charge < -0.3 is 19.5 Å². The molecule has 0 spiro atoms. The zero-order chi connectivity index (χ0) is 22.8. The summed E-state index contributed by atoms with van der Waals surface area (Å²) < 4.78 is 11.3. The second kappa shape index (κ2) is 12.1. The second-order valence-corrected chi connectivity index (χ2v) is 7.95. The molecule has 0 unspecified atom stereocenters. The van der Waals surface area contributed by atoms with Gasteiger partial charge in [-0.15, -0.1) is 0 Å². The molecule has 0 saturated carbocycles. The Morgan fingerprint density at radius 1 is 0.781 bits per heavy atom. The molecular formula is C28H33NO3. The highest BCUT2D eigenvalue weighted by Gasteiger charge is 2.14. The first-order chi connectivity index (χ1) is 15.6. The highest BCUT2D eigenvalue weighted by Crippen LogP contribution is 2.36. The molecule has 4 heteroatoms. The number of benzene rings is 3. The Hall–Kier alpha value is -3.08. The average Bonchev–Trinajstić information content (AvgIpc) is 2.83. The summed E-state index contributed by atoms with van der Waals surface area (Å²) in [5.41, 5.74) is 5.77. The van der Waals surface area contributed by atoms with Gasteiger partial charge in [0.15, 0.2) is 0 Å². The molecular weight excluding hydrogens is 398 g/mol. The van der Waals surface area contributed by atoms with Crippen molar-refractivity contribution in [3.05, 3.63) is 95.6 Å². The summed E-state index contributed by atoms with van der Waals surface area (Å²) in [5.74, 6) is 1.69. The topological polar surface area (TPSA) is 41.9 Å². The monoisotopic (exact) mass is 431 g/mol. The zero-order valence-electron chi connectivity index (χ0n) is 19.3. The largest absolute Gasteiger partial charge is 0.497 e. The van der Waals surface area contributed by atoms with E-state index in [9.17, 15) is 5.11 Å². The van der Waals surface area contributed by atoms with Crippen molar-refractivity contribution >= 4 is 11.1 Å². The van der Waals surface area contributed by atoms with Gasteiger partial charge in [0.1, 0.15) is 18.1 Å². The highest BCUT2D eigenvalue weighted by molar-refractivity contribution is 5.98. The molecule has 1 N–H and O–H groups in total. The van der Waals surface area contributed by atoms with Gasteiger partial charge in [-0.25, -0.2) is 0 Å². The Bertz CT molecular complexity index is 977. The van der Waals surface area contributed by atoms with Crippen LogP contribution in [-0.2, 0) is 0 Å². The van der Waals surface area contributed by atoms with Gasteiger partial charge in [0.25, 0.3) is 0 Å². The smallest absolute Gasteiger partial charge is 0.119 e. The van der Waals surface area contributed by atoms with E-state index >= 15 is 0 Å². The summed E-state index contributed by atoms with van der Waals surface area (Å²) in [6.07, 6.45) is 1.48. The van der Waals surface area contributed by atoms with Gasteiger partial charge in [-0.05, 0) is 79.0 Å². The number of methoxy groups -OCH3 is 1. The lowest BCUT2D eigenvalue weighted by Gasteiger charge is -2.18. The molecule has 0 aromatic heterocycles. The maximum absolute atomic E-state index is 9.55. The van der Waals surface area contributed by atoms with Crippen molar-refractivity contribution in [2.75, 3.05) is 41.0 Å². The van der Waals surface area contributed by atoms with Gasteiger partial charge in [0.05, 0.1) is 7.11 Å². The number of likely N-dealkylation sites (N-methyl/N-ethyl adjacent to an activating group) is 1. The molecule has 0 bridgehead atoms. The minimum absolute atomic E-state index is 0.158. The Labute approximate surface area is 191 Å². The normalized spacial score (nSPS) is 11.9. The zero-order valence-corrected chi connectivity index (χ0v) is 19.3. The van der Waals surface area contributed by atoms with E-state index < -0.39 is 0 Å². The third kappa shape index (κ3) is 6.46. The van der Waals surface area contributed by atoms with Crippen LogP contribution in [-0.4, -0.2) is 51.0 Å². The van der Waals surface area contributed by atoms with Crippen LogP contribution in [0, 0.1) is 0 Å². The standard InChI is InChI=1S/C28H33NO3/c1-29(2)19-21-32-26-17-13-24(14-18-26)28(23-11-15-25(31-3)16-12-23)27(10-7-20-30)22-8-5-4-6-9-22/h4-6,8-9,11-18,30H,7,10,19-21H2,1-3H3/b28-27-. The molecule has 32 heavy (non-hydrogen) atoms. The highest BCUT2D eigenvalue weighted by atomic mass is 16.5. The Balaban J connectivity index is 2.06. The molecule has 0 aliphatic rings. The van der Waals surface area contributed by atoms with Crippen molar-refractivity contribution in [3.63, 3.8) is 0 Å². The molecule has 0 aliphatic heterocycles. The molecule has 0 fully saturated rings. The fourth-order valence-corrected chi connectivity index (χ4v) is 3.65. The van der Waals surface area contributed by atoms with E-state index in [0.717, 1.165) is 46.7 Å². The third-order valence-electron chi connectivity index (χ3n) is 5.34. The summed E-state index contributed by atoms with van der Waals surface area (Å²) in [4.78, 5) is 2.10. The van der Waals surface area contributed by atoms with Crippen LogP contribution in [0.3, 0.4) is 0 Å². The number of hydrogen-bond donors (Lipinski definition) is 1. The van der Waals surface area contributed by atoms with Crippen LogP contribution in [0.2, 0.25) is 0 Å². The van der Waals surface area contributed by atoms with E-state index in [1.165, 1.54) is 5.57 Å². The van der Waals surface area contributed by atoms with Gasteiger partial charge in [-0.1, -0.05) is 54.6 Å². The lowest BCUT2D eigenvalue weighted by molar-refractivity contribution is 0.261. The number of ether oxygens (including phenoxy) is 2. The lowest BCUT2D eigenvalue weighted by Crippen LogP contribution is -2.19. The summed E-state index contributed by atoms with van der Waals surface area (Å²) in [6, 6.07) is 26.9. The molecule has 4 nitrogen and oxygen atoms in total. The van der Waals surface area contributed by atoms with Crippen molar-refractivity contribution in [2.24, 2.45) is 0 Å². The van der Waals surface area contributed by atoms with E-state index in [2.05, 4.69) is 53.4 Å². The van der Waals surface area contributed by atoms with Crippen LogP contribution in [0.4, 0.5) is 0 Å². The minimum Gasteiger partial charge on any atom is -0.497 e. The first kappa shape index (κ1) is 23.6. The van der Waals surface area contributed by atoms with Crippen LogP contribution in [0.1, 0.15) is 29.5 Å². The molecule has 0 saturated heterocycles. The van der Waals surface area contributed by atoms with Crippen molar-refractivity contribution in [2.45, 2.75) is 12.8 Å².